The van der Waals surface area contributed by atoms with Gasteiger partial charge in [0.15, 0.2) is 0 Å². The lowest BCUT2D eigenvalue weighted by Gasteiger charge is -2.18. The van der Waals surface area contributed by atoms with Crippen molar-refractivity contribution in [1.82, 2.24) is 0 Å². The van der Waals surface area contributed by atoms with Crippen LogP contribution in [0.25, 0.3) is 0 Å². The molecule has 1 aliphatic heterocycles. The summed E-state index contributed by atoms with van der Waals surface area (Å²) in [5.74, 6) is -0.0157. The van der Waals surface area contributed by atoms with Gasteiger partial charge in [0.2, 0.25) is 5.91 Å². The molecule has 5 nitrogen and oxygen atoms in total. The fourth-order valence-corrected chi connectivity index (χ4v) is 2.26. The van der Waals surface area contributed by atoms with Crippen molar-refractivity contribution in [2.24, 2.45) is 0 Å². The molecule has 1 fully saturated rings. The third-order valence-electron chi connectivity index (χ3n) is 3.30. The maximum absolute atomic E-state index is 11.7. The maximum atomic E-state index is 11.7. The largest absolute Gasteiger partial charge is 0.491 e. The van der Waals surface area contributed by atoms with E-state index in [4.69, 9.17) is 9.84 Å². The Balaban J connectivity index is 1.99. The number of carboxylic acids is 1. The van der Waals surface area contributed by atoms with E-state index in [1.807, 2.05) is 31.2 Å². The van der Waals surface area contributed by atoms with Crippen LogP contribution in [-0.4, -0.2) is 29.6 Å². The van der Waals surface area contributed by atoms with Crippen molar-refractivity contribution in [2.45, 2.75) is 38.7 Å². The van der Waals surface area contributed by atoms with E-state index in [-0.39, 0.29) is 18.4 Å². The molecule has 1 amide bonds. The smallest absolute Gasteiger partial charge is 0.303 e. The molecule has 1 heterocycles. The second-order valence-electron chi connectivity index (χ2n) is 5.01. The van der Waals surface area contributed by atoms with Crippen LogP contribution in [0.15, 0.2) is 24.3 Å². The van der Waals surface area contributed by atoms with E-state index >= 15 is 0 Å². The second kappa shape index (κ2) is 6.41. The summed E-state index contributed by atoms with van der Waals surface area (Å²) in [5, 5.41) is 8.65. The fraction of sp³-hybridized carbons (Fsp3) is 0.467. The molecule has 1 aromatic carbocycles. The Morgan fingerprint density at radius 2 is 2.30 bits per heavy atom. The highest BCUT2D eigenvalue weighted by molar-refractivity contribution is 5.95. The zero-order valence-corrected chi connectivity index (χ0v) is 11.5. The van der Waals surface area contributed by atoms with E-state index in [2.05, 4.69) is 0 Å². The van der Waals surface area contributed by atoms with Gasteiger partial charge in [-0.15, -0.1) is 0 Å². The lowest BCUT2D eigenvalue weighted by Crippen LogP contribution is -2.23. The van der Waals surface area contributed by atoms with Crippen molar-refractivity contribution in [1.29, 1.82) is 0 Å². The molecule has 1 saturated heterocycles. The zero-order valence-electron chi connectivity index (χ0n) is 11.5. The first-order valence-electron chi connectivity index (χ1n) is 6.85. The molecule has 1 N–H and O–H groups in total. The SMILES string of the molecule is CC(CCC(=O)O)Oc1cccc(N2CCCC2=O)c1. The van der Waals surface area contributed by atoms with Gasteiger partial charge in [0.25, 0.3) is 0 Å². The highest BCUT2D eigenvalue weighted by atomic mass is 16.5. The number of carbonyl (C=O) groups is 2. The van der Waals surface area contributed by atoms with Gasteiger partial charge in [-0.25, -0.2) is 0 Å². The lowest BCUT2D eigenvalue weighted by molar-refractivity contribution is -0.137. The molecule has 1 aliphatic rings. The number of carbonyl (C=O) groups excluding carboxylic acids is 1. The van der Waals surface area contributed by atoms with Gasteiger partial charge in [-0.2, -0.15) is 0 Å². The summed E-state index contributed by atoms with van der Waals surface area (Å²) in [6.45, 7) is 2.59. The molecule has 20 heavy (non-hydrogen) atoms. The molecular weight excluding hydrogens is 258 g/mol. The predicted molar refractivity (Wildman–Crippen MR) is 75.0 cm³/mol. The van der Waals surface area contributed by atoms with Crippen LogP contribution in [0.5, 0.6) is 5.75 Å². The van der Waals surface area contributed by atoms with Crippen LogP contribution in [0.1, 0.15) is 32.6 Å². The summed E-state index contributed by atoms with van der Waals surface area (Å²) in [4.78, 5) is 24.0. The molecule has 0 saturated carbocycles. The van der Waals surface area contributed by atoms with E-state index in [0.29, 0.717) is 18.6 Å². The van der Waals surface area contributed by atoms with E-state index in [0.717, 1.165) is 18.7 Å². The van der Waals surface area contributed by atoms with Crippen LogP contribution in [0.4, 0.5) is 5.69 Å². The number of carboxylic acid groups (broad SMARTS) is 1. The summed E-state index contributed by atoms with van der Waals surface area (Å²) in [5.41, 5.74) is 0.843. The van der Waals surface area contributed by atoms with Crippen LogP contribution in [0.2, 0.25) is 0 Å². The van der Waals surface area contributed by atoms with Crippen molar-refractivity contribution in [3.63, 3.8) is 0 Å². The number of benzene rings is 1. The molecule has 5 heteroatoms. The van der Waals surface area contributed by atoms with Crippen molar-refractivity contribution in [2.75, 3.05) is 11.4 Å². The van der Waals surface area contributed by atoms with Crippen LogP contribution in [-0.2, 0) is 9.59 Å². The highest BCUT2D eigenvalue weighted by Gasteiger charge is 2.21. The van der Waals surface area contributed by atoms with Crippen LogP contribution in [0, 0.1) is 0 Å². The molecule has 0 bridgehead atoms. The number of ether oxygens (including phenoxy) is 1. The summed E-state index contributed by atoms with van der Waals surface area (Å²) >= 11 is 0. The molecule has 108 valence electrons. The minimum absolute atomic E-state index is 0.0888. The van der Waals surface area contributed by atoms with Gasteiger partial charge < -0.3 is 14.7 Å². The number of anilines is 1. The van der Waals surface area contributed by atoms with Crippen molar-refractivity contribution in [3.05, 3.63) is 24.3 Å². The van der Waals surface area contributed by atoms with Crippen molar-refractivity contribution in [3.8, 4) is 5.75 Å². The number of aliphatic carboxylic acids is 1. The van der Waals surface area contributed by atoms with E-state index < -0.39 is 5.97 Å². The van der Waals surface area contributed by atoms with Gasteiger partial charge in [-0.1, -0.05) is 6.07 Å². The van der Waals surface area contributed by atoms with Crippen LogP contribution < -0.4 is 9.64 Å². The average molecular weight is 277 g/mol. The standard InChI is InChI=1S/C15H19NO4/c1-11(7-8-15(18)19)20-13-5-2-4-12(10-13)16-9-3-6-14(16)17/h2,4-5,10-11H,3,6-9H2,1H3,(H,18,19). The minimum Gasteiger partial charge on any atom is -0.491 e. The first kappa shape index (κ1) is 14.4. The zero-order chi connectivity index (χ0) is 14.5. The Morgan fingerprint density at radius 1 is 1.50 bits per heavy atom. The Bertz CT molecular complexity index is 500. The normalized spacial score (nSPS) is 16.2. The number of nitrogens with zero attached hydrogens (tertiary/aromatic N) is 1. The van der Waals surface area contributed by atoms with E-state index in [1.165, 1.54) is 0 Å². The third-order valence-corrected chi connectivity index (χ3v) is 3.30. The fourth-order valence-electron chi connectivity index (χ4n) is 2.26. The molecule has 1 atom stereocenters. The molecular formula is C15H19NO4. The first-order valence-corrected chi connectivity index (χ1v) is 6.85. The Labute approximate surface area is 118 Å². The monoisotopic (exact) mass is 277 g/mol. The third kappa shape index (κ3) is 3.73. The van der Waals surface area contributed by atoms with Gasteiger partial charge in [-0.05, 0) is 31.9 Å². The quantitative estimate of drug-likeness (QED) is 0.867. The Morgan fingerprint density at radius 3 is 2.95 bits per heavy atom. The second-order valence-corrected chi connectivity index (χ2v) is 5.01. The summed E-state index contributed by atoms with van der Waals surface area (Å²) in [6.07, 6.45) is 1.86. The molecule has 0 radical (unpaired) electrons. The van der Waals surface area contributed by atoms with Gasteiger partial charge in [-0.3, -0.25) is 9.59 Å². The first-order chi connectivity index (χ1) is 9.56. The summed E-state index contributed by atoms with van der Waals surface area (Å²) in [7, 11) is 0. The summed E-state index contributed by atoms with van der Waals surface area (Å²) in [6, 6.07) is 7.39. The molecule has 1 aromatic rings. The topological polar surface area (TPSA) is 66.8 Å². The predicted octanol–water partition coefficient (Wildman–Crippen LogP) is 2.45. The Kier molecular flexibility index (Phi) is 4.61. The minimum atomic E-state index is -0.822. The van der Waals surface area contributed by atoms with Crippen molar-refractivity contribution >= 4 is 17.6 Å². The number of amides is 1. The van der Waals surface area contributed by atoms with E-state index in [9.17, 15) is 9.59 Å². The van der Waals surface area contributed by atoms with Crippen molar-refractivity contribution < 1.29 is 19.4 Å². The maximum Gasteiger partial charge on any atom is 0.303 e. The molecule has 1 unspecified atom stereocenters. The van der Waals surface area contributed by atoms with E-state index in [1.54, 1.807) is 4.90 Å². The number of hydrogen-bond donors (Lipinski definition) is 1. The molecule has 0 aliphatic carbocycles. The van der Waals surface area contributed by atoms with Gasteiger partial charge in [0, 0.05) is 31.1 Å². The van der Waals surface area contributed by atoms with Gasteiger partial charge in [0.05, 0.1) is 6.10 Å². The van der Waals surface area contributed by atoms with Crippen LogP contribution >= 0.6 is 0 Å². The lowest BCUT2D eigenvalue weighted by atomic mass is 10.2. The Hall–Kier alpha value is -2.04. The number of rotatable bonds is 6. The molecule has 0 spiro atoms. The average Bonchev–Trinajstić information content (AvgIpc) is 2.83. The number of hydrogen-bond acceptors (Lipinski definition) is 3. The molecule has 2 rings (SSSR count). The molecule has 0 aromatic heterocycles. The highest BCUT2D eigenvalue weighted by Crippen LogP contribution is 2.26. The van der Waals surface area contributed by atoms with Gasteiger partial charge in [0.1, 0.15) is 5.75 Å². The van der Waals surface area contributed by atoms with Crippen LogP contribution in [0.3, 0.4) is 0 Å². The summed E-state index contributed by atoms with van der Waals surface area (Å²) < 4.78 is 5.70. The van der Waals surface area contributed by atoms with Gasteiger partial charge >= 0.3 is 5.97 Å².